The fourth-order valence-electron chi connectivity index (χ4n) is 2.77. The Morgan fingerprint density at radius 2 is 2.10 bits per heavy atom. The van der Waals surface area contributed by atoms with E-state index in [0.717, 1.165) is 25.7 Å². The first-order chi connectivity index (χ1) is 10.2. The van der Waals surface area contributed by atoms with Gasteiger partial charge in [0.05, 0.1) is 7.11 Å². The SMILES string of the molecule is COc1cccc2cc(C(=O)NC3CCCC3)c(=O)oc12. The molecule has 1 aliphatic carbocycles. The molecule has 3 rings (SSSR count). The number of rotatable bonds is 3. The maximum absolute atomic E-state index is 12.2. The lowest BCUT2D eigenvalue weighted by molar-refractivity contribution is 0.0934. The normalized spacial score (nSPS) is 15.3. The van der Waals surface area contributed by atoms with Gasteiger partial charge in [-0.2, -0.15) is 0 Å². The summed E-state index contributed by atoms with van der Waals surface area (Å²) in [6.45, 7) is 0. The van der Waals surface area contributed by atoms with Gasteiger partial charge in [0, 0.05) is 11.4 Å². The van der Waals surface area contributed by atoms with Crippen LogP contribution in [0.25, 0.3) is 11.0 Å². The lowest BCUT2D eigenvalue weighted by atomic mass is 10.1. The van der Waals surface area contributed by atoms with Gasteiger partial charge in [0.1, 0.15) is 5.56 Å². The highest BCUT2D eigenvalue weighted by molar-refractivity contribution is 5.97. The van der Waals surface area contributed by atoms with E-state index in [-0.39, 0.29) is 17.5 Å². The second-order valence-corrected chi connectivity index (χ2v) is 5.28. The molecular formula is C16H17NO4. The van der Waals surface area contributed by atoms with Crippen LogP contribution < -0.4 is 15.7 Å². The minimum absolute atomic E-state index is 0.0441. The molecule has 21 heavy (non-hydrogen) atoms. The molecule has 0 atom stereocenters. The van der Waals surface area contributed by atoms with E-state index in [9.17, 15) is 9.59 Å². The molecule has 0 aliphatic heterocycles. The Morgan fingerprint density at radius 1 is 1.33 bits per heavy atom. The third-order valence-electron chi connectivity index (χ3n) is 3.88. The van der Waals surface area contributed by atoms with Crippen molar-refractivity contribution in [1.29, 1.82) is 0 Å². The molecule has 1 saturated carbocycles. The maximum Gasteiger partial charge on any atom is 0.349 e. The zero-order chi connectivity index (χ0) is 14.8. The first kappa shape index (κ1) is 13.7. The van der Waals surface area contributed by atoms with Crippen LogP contribution in [0.4, 0.5) is 0 Å². The lowest BCUT2D eigenvalue weighted by Gasteiger charge is -2.11. The highest BCUT2D eigenvalue weighted by Crippen LogP contribution is 2.24. The van der Waals surface area contributed by atoms with E-state index in [2.05, 4.69) is 5.32 Å². The van der Waals surface area contributed by atoms with Gasteiger partial charge < -0.3 is 14.5 Å². The van der Waals surface area contributed by atoms with Crippen LogP contribution in [0.1, 0.15) is 36.0 Å². The minimum atomic E-state index is -0.637. The fraction of sp³-hybridized carbons (Fsp3) is 0.375. The predicted molar refractivity (Wildman–Crippen MR) is 78.8 cm³/mol. The summed E-state index contributed by atoms with van der Waals surface area (Å²) in [5.41, 5.74) is -0.229. The molecule has 0 bridgehead atoms. The Morgan fingerprint density at radius 3 is 2.81 bits per heavy atom. The Labute approximate surface area is 121 Å². The number of benzene rings is 1. The van der Waals surface area contributed by atoms with Gasteiger partial charge in [-0.1, -0.05) is 25.0 Å². The lowest BCUT2D eigenvalue weighted by Crippen LogP contribution is -2.35. The van der Waals surface area contributed by atoms with Crippen LogP contribution in [0.15, 0.2) is 33.5 Å². The summed E-state index contributed by atoms with van der Waals surface area (Å²) in [4.78, 5) is 24.3. The number of nitrogens with one attached hydrogen (secondary N) is 1. The highest BCUT2D eigenvalue weighted by Gasteiger charge is 2.21. The third kappa shape index (κ3) is 2.63. The number of carbonyl (C=O) groups excluding carboxylic acids is 1. The molecule has 1 aromatic heterocycles. The van der Waals surface area contributed by atoms with E-state index < -0.39 is 5.63 Å². The van der Waals surface area contributed by atoms with E-state index in [1.165, 1.54) is 7.11 Å². The summed E-state index contributed by atoms with van der Waals surface area (Å²) in [5.74, 6) is 0.118. The minimum Gasteiger partial charge on any atom is -0.493 e. The standard InChI is InChI=1S/C16H17NO4/c1-20-13-8-4-5-10-9-12(16(19)21-14(10)13)15(18)17-11-6-2-3-7-11/h4-5,8-9,11H,2-3,6-7H2,1H3,(H,17,18). The van der Waals surface area contributed by atoms with E-state index in [1.54, 1.807) is 24.3 Å². The Kier molecular flexibility index (Phi) is 3.64. The van der Waals surface area contributed by atoms with Crippen molar-refractivity contribution in [3.05, 3.63) is 40.2 Å². The van der Waals surface area contributed by atoms with Crippen molar-refractivity contribution >= 4 is 16.9 Å². The van der Waals surface area contributed by atoms with Crippen molar-refractivity contribution in [3.8, 4) is 5.75 Å². The Bertz CT molecular complexity index is 729. The highest BCUT2D eigenvalue weighted by atomic mass is 16.5. The molecule has 5 nitrogen and oxygen atoms in total. The van der Waals surface area contributed by atoms with Crippen LogP contribution in [-0.4, -0.2) is 19.1 Å². The van der Waals surface area contributed by atoms with Crippen LogP contribution in [0.5, 0.6) is 5.75 Å². The van der Waals surface area contributed by atoms with Crippen molar-refractivity contribution < 1.29 is 13.9 Å². The molecule has 1 aliphatic rings. The number of hydrogen-bond acceptors (Lipinski definition) is 4. The van der Waals surface area contributed by atoms with Gasteiger partial charge in [0.15, 0.2) is 11.3 Å². The number of fused-ring (bicyclic) bond motifs is 1. The smallest absolute Gasteiger partial charge is 0.349 e. The van der Waals surface area contributed by atoms with Gasteiger partial charge in [-0.3, -0.25) is 4.79 Å². The van der Waals surface area contributed by atoms with Gasteiger partial charge in [-0.05, 0) is 25.0 Å². The van der Waals surface area contributed by atoms with Crippen LogP contribution in [0.3, 0.4) is 0 Å². The van der Waals surface area contributed by atoms with E-state index in [0.29, 0.717) is 16.7 Å². The number of amides is 1. The molecule has 1 heterocycles. The van der Waals surface area contributed by atoms with E-state index >= 15 is 0 Å². The fourth-order valence-corrected chi connectivity index (χ4v) is 2.77. The molecule has 0 saturated heterocycles. The summed E-state index contributed by atoms with van der Waals surface area (Å²) < 4.78 is 10.4. The molecule has 5 heteroatoms. The topological polar surface area (TPSA) is 68.5 Å². The zero-order valence-corrected chi connectivity index (χ0v) is 11.8. The van der Waals surface area contributed by atoms with Gasteiger partial charge in [-0.25, -0.2) is 4.79 Å². The molecule has 1 amide bonds. The molecule has 0 spiro atoms. The number of hydrogen-bond donors (Lipinski definition) is 1. The number of ether oxygens (including phenoxy) is 1. The molecule has 1 aromatic carbocycles. The molecule has 0 radical (unpaired) electrons. The van der Waals surface area contributed by atoms with E-state index in [4.69, 9.17) is 9.15 Å². The Hall–Kier alpha value is -2.30. The average molecular weight is 287 g/mol. The second-order valence-electron chi connectivity index (χ2n) is 5.28. The summed E-state index contributed by atoms with van der Waals surface area (Å²) in [6.07, 6.45) is 4.18. The molecular weight excluding hydrogens is 270 g/mol. The van der Waals surface area contributed by atoms with Crippen LogP contribution in [0, 0.1) is 0 Å². The third-order valence-corrected chi connectivity index (χ3v) is 3.88. The molecule has 2 aromatic rings. The van der Waals surface area contributed by atoms with Crippen LogP contribution >= 0.6 is 0 Å². The van der Waals surface area contributed by atoms with Gasteiger partial charge >= 0.3 is 5.63 Å². The monoisotopic (exact) mass is 287 g/mol. The first-order valence-corrected chi connectivity index (χ1v) is 7.11. The molecule has 110 valence electrons. The zero-order valence-electron chi connectivity index (χ0n) is 11.8. The molecule has 1 fully saturated rings. The van der Waals surface area contributed by atoms with Crippen LogP contribution in [-0.2, 0) is 0 Å². The number of carbonyl (C=O) groups is 1. The maximum atomic E-state index is 12.2. The Balaban J connectivity index is 1.97. The number of methoxy groups -OCH3 is 1. The molecule has 0 unspecified atom stereocenters. The summed E-state index contributed by atoms with van der Waals surface area (Å²) >= 11 is 0. The van der Waals surface area contributed by atoms with Crippen molar-refractivity contribution in [3.63, 3.8) is 0 Å². The van der Waals surface area contributed by atoms with Crippen molar-refractivity contribution in [2.24, 2.45) is 0 Å². The average Bonchev–Trinajstić information content (AvgIpc) is 2.98. The van der Waals surface area contributed by atoms with Crippen molar-refractivity contribution in [1.82, 2.24) is 5.32 Å². The van der Waals surface area contributed by atoms with E-state index in [1.807, 2.05) is 0 Å². The summed E-state index contributed by atoms with van der Waals surface area (Å²) in [6, 6.07) is 7.02. The van der Waals surface area contributed by atoms with Gasteiger partial charge in [0.2, 0.25) is 0 Å². The largest absolute Gasteiger partial charge is 0.493 e. The first-order valence-electron chi connectivity index (χ1n) is 7.11. The number of para-hydroxylation sites is 1. The van der Waals surface area contributed by atoms with Crippen molar-refractivity contribution in [2.45, 2.75) is 31.7 Å². The van der Waals surface area contributed by atoms with Gasteiger partial charge in [0.25, 0.3) is 5.91 Å². The van der Waals surface area contributed by atoms with Crippen LogP contribution in [0.2, 0.25) is 0 Å². The van der Waals surface area contributed by atoms with Crippen molar-refractivity contribution in [2.75, 3.05) is 7.11 Å². The summed E-state index contributed by atoms with van der Waals surface area (Å²) in [7, 11) is 1.51. The summed E-state index contributed by atoms with van der Waals surface area (Å²) in [5, 5.41) is 3.57. The van der Waals surface area contributed by atoms with Gasteiger partial charge in [-0.15, -0.1) is 0 Å². The predicted octanol–water partition coefficient (Wildman–Crippen LogP) is 2.47. The second kappa shape index (κ2) is 5.60. The quantitative estimate of drug-likeness (QED) is 0.881. The molecule has 1 N–H and O–H groups in total.